The molecule has 0 aliphatic heterocycles. The van der Waals surface area contributed by atoms with Crippen LogP contribution in [-0.4, -0.2) is 0 Å². The lowest BCUT2D eigenvalue weighted by Gasteiger charge is -2.07. The van der Waals surface area contributed by atoms with E-state index in [-0.39, 0.29) is 0 Å². The van der Waals surface area contributed by atoms with Crippen molar-refractivity contribution in [3.05, 3.63) is 71.7 Å². The number of nitrogens with one attached hydrogen (secondary N) is 1. The molecule has 1 aromatic heterocycles. The van der Waals surface area contributed by atoms with Gasteiger partial charge in [-0.05, 0) is 35.4 Å². The minimum atomic E-state index is 0.761. The summed E-state index contributed by atoms with van der Waals surface area (Å²) in [6.45, 7) is 3.58. The molecule has 0 aliphatic carbocycles. The van der Waals surface area contributed by atoms with E-state index in [2.05, 4.69) is 47.8 Å². The van der Waals surface area contributed by atoms with Crippen molar-refractivity contribution in [3.63, 3.8) is 0 Å². The smallest absolute Gasteiger partial charge is 0.117 e. The van der Waals surface area contributed by atoms with E-state index in [1.54, 1.807) is 0 Å². The van der Waals surface area contributed by atoms with Gasteiger partial charge < -0.3 is 9.73 Å². The van der Waals surface area contributed by atoms with E-state index in [9.17, 15) is 0 Å². The molecule has 19 heavy (non-hydrogen) atoms. The Labute approximate surface area is 113 Å². The van der Waals surface area contributed by atoms with Crippen LogP contribution in [0.15, 0.2) is 59.0 Å². The molecule has 2 aromatic carbocycles. The van der Waals surface area contributed by atoms with Crippen molar-refractivity contribution in [1.29, 1.82) is 0 Å². The zero-order valence-corrected chi connectivity index (χ0v) is 11.0. The average Bonchev–Trinajstić information content (AvgIpc) is 2.85. The van der Waals surface area contributed by atoms with Crippen LogP contribution < -0.4 is 5.32 Å². The first kappa shape index (κ1) is 12.0. The molecule has 2 heteroatoms. The maximum Gasteiger partial charge on any atom is 0.117 e. The first-order valence-electron chi connectivity index (χ1n) is 6.55. The Balaban J connectivity index is 1.71. The van der Waals surface area contributed by atoms with Crippen molar-refractivity contribution >= 4 is 10.8 Å². The van der Waals surface area contributed by atoms with E-state index < -0.39 is 0 Å². The largest absolute Gasteiger partial charge is 0.465 e. The monoisotopic (exact) mass is 251 g/mol. The Hall–Kier alpha value is -2.06. The summed E-state index contributed by atoms with van der Waals surface area (Å²) in [5.41, 5.74) is 1.32. The maximum atomic E-state index is 5.55. The van der Waals surface area contributed by atoms with Gasteiger partial charge in [-0.1, -0.05) is 42.5 Å². The van der Waals surface area contributed by atoms with E-state index in [4.69, 9.17) is 4.42 Å². The Morgan fingerprint density at radius 1 is 0.895 bits per heavy atom. The normalized spacial score (nSPS) is 11.0. The lowest BCUT2D eigenvalue weighted by molar-refractivity contribution is 0.462. The van der Waals surface area contributed by atoms with E-state index in [0.29, 0.717) is 0 Å². The molecule has 0 radical (unpaired) electrons. The highest BCUT2D eigenvalue weighted by atomic mass is 16.3. The molecule has 1 N–H and O–H groups in total. The topological polar surface area (TPSA) is 25.2 Å². The summed E-state index contributed by atoms with van der Waals surface area (Å²) in [4.78, 5) is 0. The predicted molar refractivity (Wildman–Crippen MR) is 77.9 cm³/mol. The fourth-order valence-electron chi connectivity index (χ4n) is 2.35. The molecule has 0 spiro atoms. The van der Waals surface area contributed by atoms with Gasteiger partial charge in [0.2, 0.25) is 0 Å². The molecule has 2 nitrogen and oxygen atoms in total. The maximum absolute atomic E-state index is 5.55. The number of hydrogen-bond donors (Lipinski definition) is 1. The first-order chi connectivity index (χ1) is 9.33. The zero-order valence-electron chi connectivity index (χ0n) is 11.0. The fraction of sp³-hybridized carbons (Fsp3) is 0.176. The summed E-state index contributed by atoms with van der Waals surface area (Å²) >= 11 is 0. The second-order valence-corrected chi connectivity index (χ2v) is 4.75. The Kier molecular flexibility index (Phi) is 3.34. The number of furan rings is 1. The quantitative estimate of drug-likeness (QED) is 0.757. The highest BCUT2D eigenvalue weighted by molar-refractivity contribution is 5.85. The van der Waals surface area contributed by atoms with Crippen LogP contribution in [0, 0.1) is 6.92 Å². The Bertz CT molecular complexity index is 679. The van der Waals surface area contributed by atoms with Gasteiger partial charge in [0.1, 0.15) is 11.5 Å². The lowest BCUT2D eigenvalue weighted by Crippen LogP contribution is -2.12. The van der Waals surface area contributed by atoms with E-state index >= 15 is 0 Å². The van der Waals surface area contributed by atoms with Gasteiger partial charge in [-0.3, -0.25) is 0 Å². The SMILES string of the molecule is Cc1ccc(CNCc2cccc3ccccc23)o1. The predicted octanol–water partition coefficient (Wildman–Crippen LogP) is 4.03. The van der Waals surface area contributed by atoms with Crippen LogP contribution in [0.2, 0.25) is 0 Å². The Morgan fingerprint density at radius 2 is 1.74 bits per heavy atom. The zero-order chi connectivity index (χ0) is 13.1. The summed E-state index contributed by atoms with van der Waals surface area (Å²) in [6, 6.07) is 18.9. The third-order valence-electron chi connectivity index (χ3n) is 3.29. The molecule has 0 bridgehead atoms. The Morgan fingerprint density at radius 3 is 2.58 bits per heavy atom. The molecule has 0 aliphatic rings. The summed E-state index contributed by atoms with van der Waals surface area (Å²) in [6.07, 6.45) is 0. The second kappa shape index (κ2) is 5.29. The number of rotatable bonds is 4. The van der Waals surface area contributed by atoms with Crippen LogP contribution >= 0.6 is 0 Å². The van der Waals surface area contributed by atoms with Gasteiger partial charge in [-0.2, -0.15) is 0 Å². The molecule has 96 valence electrons. The highest BCUT2D eigenvalue weighted by Gasteiger charge is 2.01. The summed E-state index contributed by atoms with van der Waals surface area (Å²) in [5, 5.41) is 6.03. The first-order valence-corrected chi connectivity index (χ1v) is 6.55. The van der Waals surface area contributed by atoms with Crippen LogP contribution in [0.1, 0.15) is 17.1 Å². The number of fused-ring (bicyclic) bond motifs is 1. The molecular weight excluding hydrogens is 234 g/mol. The van der Waals surface area contributed by atoms with E-state index in [0.717, 1.165) is 24.6 Å². The number of hydrogen-bond acceptors (Lipinski definition) is 2. The molecule has 1 heterocycles. The van der Waals surface area contributed by atoms with Gasteiger partial charge in [-0.25, -0.2) is 0 Å². The van der Waals surface area contributed by atoms with Crippen molar-refractivity contribution in [2.75, 3.05) is 0 Å². The van der Waals surface area contributed by atoms with Gasteiger partial charge in [0.05, 0.1) is 6.54 Å². The molecule has 0 unspecified atom stereocenters. The second-order valence-electron chi connectivity index (χ2n) is 4.75. The summed E-state index contributed by atoms with van der Waals surface area (Å²) in [5.74, 6) is 1.94. The van der Waals surface area contributed by atoms with Gasteiger partial charge in [0.15, 0.2) is 0 Å². The fourth-order valence-corrected chi connectivity index (χ4v) is 2.35. The minimum Gasteiger partial charge on any atom is -0.465 e. The molecule has 0 saturated carbocycles. The third-order valence-corrected chi connectivity index (χ3v) is 3.29. The van der Waals surface area contributed by atoms with Gasteiger partial charge >= 0.3 is 0 Å². The summed E-state index contributed by atoms with van der Waals surface area (Å²) < 4.78 is 5.55. The average molecular weight is 251 g/mol. The number of benzene rings is 2. The molecule has 0 amide bonds. The lowest BCUT2D eigenvalue weighted by atomic mass is 10.0. The summed E-state index contributed by atoms with van der Waals surface area (Å²) in [7, 11) is 0. The van der Waals surface area contributed by atoms with Gasteiger partial charge in [0, 0.05) is 6.54 Å². The highest BCUT2D eigenvalue weighted by Crippen LogP contribution is 2.18. The third kappa shape index (κ3) is 2.69. The van der Waals surface area contributed by atoms with Crippen molar-refractivity contribution in [2.24, 2.45) is 0 Å². The molecular formula is C17H17NO. The standard InChI is InChI=1S/C17H17NO/c1-13-9-10-16(19-13)12-18-11-15-7-4-6-14-5-2-3-8-17(14)15/h2-10,18H,11-12H2,1H3. The molecule has 0 saturated heterocycles. The van der Waals surface area contributed by atoms with Crippen molar-refractivity contribution in [1.82, 2.24) is 5.32 Å². The van der Waals surface area contributed by atoms with E-state index in [1.807, 2.05) is 19.1 Å². The van der Waals surface area contributed by atoms with E-state index in [1.165, 1.54) is 16.3 Å². The van der Waals surface area contributed by atoms with Crippen LogP contribution in [0.5, 0.6) is 0 Å². The minimum absolute atomic E-state index is 0.761. The van der Waals surface area contributed by atoms with Crippen molar-refractivity contribution in [2.45, 2.75) is 20.0 Å². The van der Waals surface area contributed by atoms with Gasteiger partial charge in [0.25, 0.3) is 0 Å². The van der Waals surface area contributed by atoms with Crippen LogP contribution in [0.4, 0.5) is 0 Å². The van der Waals surface area contributed by atoms with Crippen LogP contribution in [0.25, 0.3) is 10.8 Å². The molecule has 3 rings (SSSR count). The van der Waals surface area contributed by atoms with Gasteiger partial charge in [-0.15, -0.1) is 0 Å². The van der Waals surface area contributed by atoms with Crippen molar-refractivity contribution < 1.29 is 4.42 Å². The number of aryl methyl sites for hydroxylation is 1. The molecule has 0 atom stereocenters. The molecule has 3 aromatic rings. The van der Waals surface area contributed by atoms with Crippen LogP contribution in [-0.2, 0) is 13.1 Å². The van der Waals surface area contributed by atoms with Crippen molar-refractivity contribution in [3.8, 4) is 0 Å². The van der Waals surface area contributed by atoms with Crippen LogP contribution in [0.3, 0.4) is 0 Å². The molecule has 0 fully saturated rings.